The van der Waals surface area contributed by atoms with Gasteiger partial charge in [0.2, 0.25) is 0 Å². The van der Waals surface area contributed by atoms with Crippen molar-refractivity contribution in [2.45, 2.75) is 6.36 Å². The third-order valence-corrected chi connectivity index (χ3v) is 4.74. The Morgan fingerprint density at radius 2 is 1.79 bits per heavy atom. The van der Waals surface area contributed by atoms with Gasteiger partial charge in [0.25, 0.3) is 11.8 Å². The number of ether oxygens (including phenoxy) is 2. The average Bonchev–Trinajstić information content (AvgIpc) is 2.78. The first-order valence-electron chi connectivity index (χ1n) is 9.68. The minimum absolute atomic E-state index is 0.198. The van der Waals surface area contributed by atoms with Crippen molar-refractivity contribution in [1.82, 2.24) is 4.98 Å². The Labute approximate surface area is 185 Å². The number of alkyl halides is 3. The van der Waals surface area contributed by atoms with E-state index in [4.69, 9.17) is 10.5 Å². The number of para-hydroxylation sites is 1. The van der Waals surface area contributed by atoms with Crippen molar-refractivity contribution in [2.75, 3.05) is 23.4 Å². The number of nitrogens with zero attached hydrogens (tertiary/aromatic N) is 2. The summed E-state index contributed by atoms with van der Waals surface area (Å²) in [4.78, 5) is 30.8. The molecular formula is C22H17F3N4O4. The van der Waals surface area contributed by atoms with Gasteiger partial charge in [0, 0.05) is 11.9 Å². The predicted molar refractivity (Wildman–Crippen MR) is 113 cm³/mol. The second-order valence-electron chi connectivity index (χ2n) is 6.92. The van der Waals surface area contributed by atoms with Gasteiger partial charge in [0.1, 0.15) is 18.2 Å². The summed E-state index contributed by atoms with van der Waals surface area (Å²) in [7, 11) is 0. The summed E-state index contributed by atoms with van der Waals surface area (Å²) in [6.45, 7) is 0.589. The van der Waals surface area contributed by atoms with Crippen LogP contribution in [0, 0.1) is 0 Å². The van der Waals surface area contributed by atoms with Crippen LogP contribution in [0.2, 0.25) is 0 Å². The molecule has 0 aliphatic carbocycles. The van der Waals surface area contributed by atoms with Crippen LogP contribution in [0.5, 0.6) is 11.5 Å². The molecule has 8 nitrogen and oxygen atoms in total. The van der Waals surface area contributed by atoms with Gasteiger partial charge in [-0.25, -0.2) is 4.98 Å². The molecule has 3 aromatic rings. The number of aromatic nitrogens is 1. The molecule has 11 heteroatoms. The van der Waals surface area contributed by atoms with Crippen LogP contribution in [-0.2, 0) is 0 Å². The minimum Gasteiger partial charge on any atom is -0.489 e. The van der Waals surface area contributed by atoms with Crippen molar-refractivity contribution >= 4 is 29.0 Å². The van der Waals surface area contributed by atoms with E-state index in [1.54, 1.807) is 35.2 Å². The molecular weight excluding hydrogens is 441 g/mol. The lowest BCUT2D eigenvalue weighted by atomic mass is 10.1. The third kappa shape index (κ3) is 4.81. The Morgan fingerprint density at radius 3 is 2.48 bits per heavy atom. The first-order valence-corrected chi connectivity index (χ1v) is 9.68. The smallest absolute Gasteiger partial charge is 0.489 e. The van der Waals surface area contributed by atoms with Gasteiger partial charge < -0.3 is 25.4 Å². The second-order valence-corrected chi connectivity index (χ2v) is 6.92. The summed E-state index contributed by atoms with van der Waals surface area (Å²) in [6, 6.07) is 12.8. The van der Waals surface area contributed by atoms with E-state index in [1.165, 1.54) is 18.3 Å². The van der Waals surface area contributed by atoms with Gasteiger partial charge in [-0.15, -0.1) is 13.2 Å². The van der Waals surface area contributed by atoms with Gasteiger partial charge in [-0.05, 0) is 48.5 Å². The molecule has 0 atom stereocenters. The molecule has 3 N–H and O–H groups in total. The highest BCUT2D eigenvalue weighted by Gasteiger charge is 2.31. The maximum atomic E-state index is 12.9. The van der Waals surface area contributed by atoms with E-state index < -0.39 is 23.9 Å². The number of halogens is 3. The number of nitrogens with two attached hydrogens (primary N) is 1. The Bertz CT molecular complexity index is 1200. The second kappa shape index (κ2) is 8.69. The molecule has 170 valence electrons. The molecule has 0 fully saturated rings. The average molecular weight is 458 g/mol. The monoisotopic (exact) mass is 458 g/mol. The zero-order valence-corrected chi connectivity index (χ0v) is 16.9. The number of carbonyl (C=O) groups is 2. The number of fused-ring (bicyclic) bond motifs is 1. The highest BCUT2D eigenvalue weighted by atomic mass is 19.4. The normalized spacial score (nSPS) is 13.0. The lowest BCUT2D eigenvalue weighted by Crippen LogP contribution is -2.32. The molecule has 33 heavy (non-hydrogen) atoms. The zero-order valence-electron chi connectivity index (χ0n) is 16.9. The lowest BCUT2D eigenvalue weighted by Gasteiger charge is -2.32. The van der Waals surface area contributed by atoms with Crippen LogP contribution in [0.3, 0.4) is 0 Å². The summed E-state index contributed by atoms with van der Waals surface area (Å²) >= 11 is 0. The van der Waals surface area contributed by atoms with E-state index >= 15 is 0 Å². The predicted octanol–water partition coefficient (Wildman–Crippen LogP) is 3.86. The molecule has 2 amide bonds. The minimum atomic E-state index is -4.81. The van der Waals surface area contributed by atoms with E-state index in [0.717, 1.165) is 12.1 Å². The Hall–Kier alpha value is -4.28. The molecule has 0 radical (unpaired) electrons. The van der Waals surface area contributed by atoms with E-state index in [0.29, 0.717) is 18.1 Å². The van der Waals surface area contributed by atoms with Crippen molar-refractivity contribution in [1.29, 1.82) is 0 Å². The van der Waals surface area contributed by atoms with E-state index in [2.05, 4.69) is 15.0 Å². The Kier molecular flexibility index (Phi) is 5.78. The molecule has 0 bridgehead atoms. The molecule has 1 aromatic heterocycles. The summed E-state index contributed by atoms with van der Waals surface area (Å²) in [5.41, 5.74) is 6.68. The number of anilines is 3. The van der Waals surface area contributed by atoms with Crippen molar-refractivity contribution in [2.24, 2.45) is 5.73 Å². The van der Waals surface area contributed by atoms with Crippen LogP contribution in [0.4, 0.5) is 30.4 Å². The lowest BCUT2D eigenvalue weighted by molar-refractivity contribution is -0.274. The molecule has 1 aliphatic rings. The molecule has 4 rings (SSSR count). The number of benzene rings is 2. The standard InChI is InChI=1S/C22H17F3N4O4/c23-22(24,25)33-14-8-6-13(7-9-14)28-21(31)15-3-1-5-17-18(15)32-12-11-29(17)20-16(19(26)30)4-2-10-27-20/h1-10H,11-12H2,(H2,26,30)(H,28,31). The topological polar surface area (TPSA) is 107 Å². The molecule has 0 unspecified atom stereocenters. The van der Waals surface area contributed by atoms with Crippen LogP contribution < -0.4 is 25.4 Å². The number of hydrogen-bond donors (Lipinski definition) is 2. The maximum Gasteiger partial charge on any atom is 0.573 e. The van der Waals surface area contributed by atoms with Gasteiger partial charge in [-0.3, -0.25) is 9.59 Å². The molecule has 0 spiro atoms. The van der Waals surface area contributed by atoms with Gasteiger partial charge in [0.15, 0.2) is 5.75 Å². The molecule has 0 saturated heterocycles. The van der Waals surface area contributed by atoms with E-state index in [-0.39, 0.29) is 29.2 Å². The van der Waals surface area contributed by atoms with Crippen molar-refractivity contribution in [3.63, 3.8) is 0 Å². The Morgan fingerprint density at radius 1 is 1.06 bits per heavy atom. The molecule has 2 aromatic carbocycles. The van der Waals surface area contributed by atoms with E-state index in [9.17, 15) is 22.8 Å². The van der Waals surface area contributed by atoms with Crippen LogP contribution in [0.25, 0.3) is 0 Å². The van der Waals surface area contributed by atoms with Crippen molar-refractivity contribution in [3.05, 3.63) is 71.9 Å². The van der Waals surface area contributed by atoms with E-state index in [1.807, 2.05) is 0 Å². The fraction of sp³-hybridized carbons (Fsp3) is 0.136. The SMILES string of the molecule is NC(=O)c1cccnc1N1CCOc2c(C(=O)Nc3ccc(OC(F)(F)F)cc3)cccc21. The first-order chi connectivity index (χ1) is 15.7. The summed E-state index contributed by atoms with van der Waals surface area (Å²) in [5, 5.41) is 2.62. The fourth-order valence-corrected chi connectivity index (χ4v) is 3.39. The number of primary amides is 1. The van der Waals surface area contributed by atoms with Gasteiger partial charge in [-0.2, -0.15) is 0 Å². The van der Waals surface area contributed by atoms with Gasteiger partial charge in [-0.1, -0.05) is 6.07 Å². The number of amides is 2. The van der Waals surface area contributed by atoms with Crippen LogP contribution in [0.15, 0.2) is 60.8 Å². The van der Waals surface area contributed by atoms with Crippen LogP contribution in [-0.4, -0.2) is 36.3 Å². The Balaban J connectivity index is 1.60. The highest BCUT2D eigenvalue weighted by Crippen LogP contribution is 2.39. The fourth-order valence-electron chi connectivity index (χ4n) is 3.39. The number of pyridine rings is 1. The summed E-state index contributed by atoms with van der Waals surface area (Å²) < 4.78 is 46.5. The van der Waals surface area contributed by atoms with Crippen LogP contribution in [0.1, 0.15) is 20.7 Å². The number of hydrogen-bond acceptors (Lipinski definition) is 6. The molecule has 0 saturated carbocycles. The number of nitrogens with one attached hydrogen (secondary N) is 1. The number of carbonyl (C=O) groups excluding carboxylic acids is 2. The summed E-state index contributed by atoms with van der Waals surface area (Å²) in [5.74, 6) is -0.962. The maximum absolute atomic E-state index is 12.9. The largest absolute Gasteiger partial charge is 0.573 e. The van der Waals surface area contributed by atoms with Crippen molar-refractivity contribution < 1.29 is 32.2 Å². The molecule has 1 aliphatic heterocycles. The molecule has 2 heterocycles. The van der Waals surface area contributed by atoms with Gasteiger partial charge >= 0.3 is 6.36 Å². The quantitative estimate of drug-likeness (QED) is 0.601. The summed E-state index contributed by atoms with van der Waals surface area (Å²) in [6.07, 6.45) is -3.28. The van der Waals surface area contributed by atoms with Gasteiger partial charge in [0.05, 0.1) is 23.4 Å². The van der Waals surface area contributed by atoms with Crippen LogP contribution >= 0.6 is 0 Å². The zero-order chi connectivity index (χ0) is 23.6. The number of rotatable bonds is 5. The highest BCUT2D eigenvalue weighted by molar-refractivity contribution is 6.08. The first kappa shape index (κ1) is 21.9. The van der Waals surface area contributed by atoms with Crippen molar-refractivity contribution in [3.8, 4) is 11.5 Å². The third-order valence-electron chi connectivity index (χ3n) is 4.74.